The summed E-state index contributed by atoms with van der Waals surface area (Å²) < 4.78 is 6.13. The Morgan fingerprint density at radius 1 is 1.29 bits per heavy atom. The van der Waals surface area contributed by atoms with Crippen molar-refractivity contribution >= 4 is 27.7 Å². The molecular weight excluding hydrogens is 374 g/mol. The van der Waals surface area contributed by atoms with E-state index in [2.05, 4.69) is 41.1 Å². The zero-order valence-corrected chi connectivity index (χ0v) is 14.9. The molecule has 0 radical (unpaired) electrons. The first-order valence-corrected chi connectivity index (χ1v) is 8.47. The number of morpholine rings is 1. The summed E-state index contributed by atoms with van der Waals surface area (Å²) in [6.07, 6.45) is 3.16. The van der Waals surface area contributed by atoms with Crippen LogP contribution in [0.15, 0.2) is 29.0 Å². The second kappa shape index (κ2) is 7.67. The Morgan fingerprint density at radius 3 is 2.83 bits per heavy atom. The third-order valence-electron chi connectivity index (χ3n) is 3.60. The van der Waals surface area contributed by atoms with Gasteiger partial charge in [-0.1, -0.05) is 0 Å². The number of aromatic nitrogens is 3. The van der Waals surface area contributed by atoms with Gasteiger partial charge in [-0.25, -0.2) is 9.97 Å². The normalized spacial score (nSPS) is 14.5. The molecule has 0 atom stereocenters. The van der Waals surface area contributed by atoms with Gasteiger partial charge in [0.15, 0.2) is 0 Å². The predicted octanol–water partition coefficient (Wildman–Crippen LogP) is 1.71. The van der Waals surface area contributed by atoms with Crippen LogP contribution >= 0.6 is 15.9 Å². The lowest BCUT2D eigenvalue weighted by Crippen LogP contribution is -2.37. The number of anilines is 1. The number of pyridine rings is 1. The largest absolute Gasteiger partial charge is 0.378 e. The van der Waals surface area contributed by atoms with Crippen molar-refractivity contribution in [2.45, 2.75) is 13.5 Å². The highest BCUT2D eigenvalue weighted by atomic mass is 79.9. The molecule has 1 amide bonds. The first kappa shape index (κ1) is 16.8. The van der Waals surface area contributed by atoms with Crippen molar-refractivity contribution in [3.63, 3.8) is 0 Å². The minimum Gasteiger partial charge on any atom is -0.378 e. The second-order valence-electron chi connectivity index (χ2n) is 5.46. The van der Waals surface area contributed by atoms with Gasteiger partial charge in [0.25, 0.3) is 5.91 Å². The van der Waals surface area contributed by atoms with Crippen LogP contribution < -0.4 is 10.2 Å². The van der Waals surface area contributed by atoms with Crippen molar-refractivity contribution < 1.29 is 9.53 Å². The van der Waals surface area contributed by atoms with Gasteiger partial charge in [0.2, 0.25) is 0 Å². The third-order valence-corrected chi connectivity index (χ3v) is 4.03. The monoisotopic (exact) mass is 391 g/mol. The van der Waals surface area contributed by atoms with Gasteiger partial charge in [0.05, 0.1) is 25.3 Å². The third kappa shape index (κ3) is 4.27. The van der Waals surface area contributed by atoms with Crippen LogP contribution in [0, 0.1) is 6.92 Å². The number of hydrogen-bond acceptors (Lipinski definition) is 6. The SMILES string of the molecule is Cc1cc(N2CCOCC2)nc(CNC(=O)c2cncc(Br)c2)n1. The van der Waals surface area contributed by atoms with E-state index in [-0.39, 0.29) is 12.5 Å². The molecule has 0 aliphatic carbocycles. The Morgan fingerprint density at radius 2 is 2.08 bits per heavy atom. The first-order chi connectivity index (χ1) is 11.6. The van der Waals surface area contributed by atoms with Crippen molar-refractivity contribution in [1.82, 2.24) is 20.3 Å². The number of aryl methyl sites for hydroxylation is 1. The molecule has 2 aromatic rings. The molecule has 1 aliphatic heterocycles. The van der Waals surface area contributed by atoms with Gasteiger partial charge in [0.1, 0.15) is 11.6 Å². The lowest BCUT2D eigenvalue weighted by Gasteiger charge is -2.28. The Balaban J connectivity index is 1.68. The number of nitrogens with one attached hydrogen (secondary N) is 1. The molecule has 0 unspecified atom stereocenters. The van der Waals surface area contributed by atoms with Crippen LogP contribution in [0.2, 0.25) is 0 Å². The van der Waals surface area contributed by atoms with E-state index in [0.29, 0.717) is 24.6 Å². The summed E-state index contributed by atoms with van der Waals surface area (Å²) in [5.74, 6) is 1.26. The van der Waals surface area contributed by atoms with E-state index in [4.69, 9.17) is 4.74 Å². The average molecular weight is 392 g/mol. The molecule has 2 aromatic heterocycles. The van der Waals surface area contributed by atoms with E-state index in [1.54, 1.807) is 12.3 Å². The van der Waals surface area contributed by atoms with Crippen LogP contribution in [0.5, 0.6) is 0 Å². The number of rotatable bonds is 4. The predicted molar refractivity (Wildman–Crippen MR) is 92.9 cm³/mol. The highest BCUT2D eigenvalue weighted by Crippen LogP contribution is 2.14. The number of amides is 1. The van der Waals surface area contributed by atoms with Crippen molar-refractivity contribution in [3.8, 4) is 0 Å². The van der Waals surface area contributed by atoms with Gasteiger partial charge in [-0.3, -0.25) is 9.78 Å². The Hall–Kier alpha value is -2.06. The molecule has 3 heterocycles. The Labute approximate surface area is 148 Å². The van der Waals surface area contributed by atoms with E-state index in [0.717, 1.165) is 29.1 Å². The summed E-state index contributed by atoms with van der Waals surface area (Å²) in [6.45, 7) is 5.22. The molecule has 3 rings (SSSR count). The minimum absolute atomic E-state index is 0.207. The lowest BCUT2D eigenvalue weighted by molar-refractivity contribution is 0.0949. The van der Waals surface area contributed by atoms with Crippen LogP contribution in [0.3, 0.4) is 0 Å². The molecule has 1 fully saturated rings. The number of carbonyl (C=O) groups is 1. The molecule has 7 nitrogen and oxygen atoms in total. The van der Waals surface area contributed by atoms with Gasteiger partial charge in [-0.15, -0.1) is 0 Å². The van der Waals surface area contributed by atoms with Gasteiger partial charge >= 0.3 is 0 Å². The molecule has 0 spiro atoms. The topological polar surface area (TPSA) is 80.2 Å². The molecule has 1 aliphatic rings. The molecule has 1 saturated heterocycles. The summed E-state index contributed by atoms with van der Waals surface area (Å²) in [4.78, 5) is 27.3. The summed E-state index contributed by atoms with van der Waals surface area (Å²) in [6, 6.07) is 3.67. The fraction of sp³-hybridized carbons (Fsp3) is 0.375. The van der Waals surface area contributed by atoms with Crippen LogP contribution in [0.1, 0.15) is 21.9 Å². The van der Waals surface area contributed by atoms with Crippen LogP contribution in [-0.2, 0) is 11.3 Å². The number of nitrogens with zero attached hydrogens (tertiary/aromatic N) is 4. The van der Waals surface area contributed by atoms with Gasteiger partial charge in [-0.2, -0.15) is 0 Å². The molecule has 126 valence electrons. The van der Waals surface area contributed by atoms with Crippen LogP contribution in [0.25, 0.3) is 0 Å². The molecule has 24 heavy (non-hydrogen) atoms. The Kier molecular flexibility index (Phi) is 5.37. The number of hydrogen-bond donors (Lipinski definition) is 1. The van der Waals surface area contributed by atoms with E-state index < -0.39 is 0 Å². The van der Waals surface area contributed by atoms with E-state index >= 15 is 0 Å². The quantitative estimate of drug-likeness (QED) is 0.854. The number of halogens is 1. The smallest absolute Gasteiger partial charge is 0.253 e. The van der Waals surface area contributed by atoms with Crippen molar-refractivity contribution in [1.29, 1.82) is 0 Å². The van der Waals surface area contributed by atoms with E-state index in [1.165, 1.54) is 6.20 Å². The highest BCUT2D eigenvalue weighted by molar-refractivity contribution is 9.10. The average Bonchev–Trinajstić information content (AvgIpc) is 2.60. The molecule has 0 aromatic carbocycles. The Bertz CT molecular complexity index is 734. The maximum Gasteiger partial charge on any atom is 0.253 e. The lowest BCUT2D eigenvalue weighted by atomic mass is 10.2. The molecular formula is C16H18BrN5O2. The molecule has 0 bridgehead atoms. The van der Waals surface area contributed by atoms with Gasteiger partial charge in [-0.05, 0) is 28.9 Å². The summed E-state index contributed by atoms with van der Waals surface area (Å²) >= 11 is 3.31. The number of ether oxygens (including phenoxy) is 1. The van der Waals surface area contributed by atoms with Gasteiger partial charge in [0, 0.05) is 41.7 Å². The summed E-state index contributed by atoms with van der Waals surface area (Å²) in [5, 5.41) is 2.83. The molecule has 1 N–H and O–H groups in total. The minimum atomic E-state index is -0.207. The van der Waals surface area contributed by atoms with Crippen LogP contribution in [-0.4, -0.2) is 47.2 Å². The fourth-order valence-electron chi connectivity index (χ4n) is 2.44. The van der Waals surface area contributed by atoms with Crippen LogP contribution in [0.4, 0.5) is 5.82 Å². The fourth-order valence-corrected chi connectivity index (χ4v) is 2.81. The summed E-state index contributed by atoms with van der Waals surface area (Å²) in [5.41, 5.74) is 1.37. The van der Waals surface area contributed by atoms with E-state index in [1.807, 2.05) is 13.0 Å². The number of carbonyl (C=O) groups excluding carboxylic acids is 1. The highest BCUT2D eigenvalue weighted by Gasteiger charge is 2.14. The summed E-state index contributed by atoms with van der Waals surface area (Å²) in [7, 11) is 0. The van der Waals surface area contributed by atoms with Crippen molar-refractivity contribution in [3.05, 3.63) is 46.1 Å². The van der Waals surface area contributed by atoms with E-state index in [9.17, 15) is 4.79 Å². The molecule has 8 heteroatoms. The van der Waals surface area contributed by atoms with Crippen molar-refractivity contribution in [2.24, 2.45) is 0 Å². The maximum atomic E-state index is 12.2. The standard InChI is InChI=1S/C16H18BrN5O2/c1-11-6-15(22-2-4-24-5-3-22)21-14(20-11)10-19-16(23)12-7-13(17)9-18-8-12/h6-9H,2-5,10H2,1H3,(H,19,23). The maximum absolute atomic E-state index is 12.2. The zero-order chi connectivity index (χ0) is 16.9. The first-order valence-electron chi connectivity index (χ1n) is 7.68. The second-order valence-corrected chi connectivity index (χ2v) is 6.37. The zero-order valence-electron chi connectivity index (χ0n) is 13.3. The van der Waals surface area contributed by atoms with Gasteiger partial charge < -0.3 is 15.0 Å². The molecule has 0 saturated carbocycles. The van der Waals surface area contributed by atoms with Crippen molar-refractivity contribution in [2.75, 3.05) is 31.2 Å².